The second-order valence-corrected chi connectivity index (χ2v) is 3.40. The fourth-order valence-electron chi connectivity index (χ4n) is 1.73. The molecule has 1 fully saturated rings. The third-order valence-electron chi connectivity index (χ3n) is 2.46. The van der Waals surface area contributed by atoms with Crippen LogP contribution in [0.25, 0.3) is 0 Å². The summed E-state index contributed by atoms with van der Waals surface area (Å²) in [6.45, 7) is 0.901. The van der Waals surface area contributed by atoms with Crippen molar-refractivity contribution < 1.29 is 6.48 Å². The topological polar surface area (TPSA) is 32.3 Å². The third kappa shape index (κ3) is 1.90. The zero-order valence-corrected chi connectivity index (χ0v) is 7.53. The molecular formula is C11H15NO. The Bertz CT molecular complexity index is 293. The summed E-state index contributed by atoms with van der Waals surface area (Å²) < 4.78 is 7.96. The predicted octanol–water partition coefficient (Wildman–Crippen LogP) is 1.47. The van der Waals surface area contributed by atoms with Gasteiger partial charge in [0, 0.05) is 6.04 Å². The first-order chi connectivity index (χ1) is 6.71. The van der Waals surface area contributed by atoms with Gasteiger partial charge in [0.1, 0.15) is 0 Å². The van der Waals surface area contributed by atoms with Crippen molar-refractivity contribution in [1.82, 2.24) is 5.32 Å². The van der Waals surface area contributed by atoms with E-state index in [-0.39, 0.29) is 6.04 Å². The Morgan fingerprint density at radius 3 is 2.85 bits per heavy atom. The lowest BCUT2D eigenvalue weighted by molar-refractivity contribution is 0.137. The maximum absolute atomic E-state index is 10.1. The fourth-order valence-corrected chi connectivity index (χ4v) is 1.73. The largest absolute Gasteiger partial charge is 0.387 e. The summed E-state index contributed by atoms with van der Waals surface area (Å²) >= 11 is 0. The van der Waals surface area contributed by atoms with Crippen molar-refractivity contribution >= 4 is 0 Å². The number of hydrogen-bond acceptors (Lipinski definition) is 2. The molecule has 0 amide bonds. The first-order valence-electron chi connectivity index (χ1n) is 5.22. The van der Waals surface area contributed by atoms with Crippen LogP contribution >= 0.6 is 0 Å². The van der Waals surface area contributed by atoms with Crippen molar-refractivity contribution in [3.8, 4) is 0 Å². The zero-order valence-electron chi connectivity index (χ0n) is 8.53. The van der Waals surface area contributed by atoms with Crippen LogP contribution in [0.3, 0.4) is 0 Å². The maximum atomic E-state index is 10.1. The molecule has 0 spiro atoms. The highest BCUT2D eigenvalue weighted by atomic mass is 16.3. The molecule has 0 aliphatic carbocycles. The van der Waals surface area contributed by atoms with E-state index in [2.05, 4.69) is 5.32 Å². The second kappa shape index (κ2) is 3.90. The summed E-state index contributed by atoms with van der Waals surface area (Å²) in [6.07, 6.45) is 0.422. The Kier molecular flexibility index (Phi) is 2.26. The lowest BCUT2D eigenvalue weighted by Crippen LogP contribution is -2.28. The van der Waals surface area contributed by atoms with Crippen LogP contribution in [0.15, 0.2) is 30.3 Å². The van der Waals surface area contributed by atoms with Gasteiger partial charge in [0.15, 0.2) is 0 Å². The lowest BCUT2D eigenvalue weighted by atomic mass is 10.0. The summed E-state index contributed by atoms with van der Waals surface area (Å²) in [4.78, 5) is 0. The number of rotatable bonds is 2. The molecule has 0 saturated carbocycles. The Labute approximate surface area is 80.0 Å². The van der Waals surface area contributed by atoms with Crippen molar-refractivity contribution in [2.24, 2.45) is 0 Å². The molecule has 1 aromatic rings. The molecule has 0 radical (unpaired) electrons. The minimum atomic E-state index is -1.49. The highest BCUT2D eigenvalue weighted by Gasteiger charge is 2.23. The van der Waals surface area contributed by atoms with Gasteiger partial charge in [-0.2, -0.15) is 0 Å². The van der Waals surface area contributed by atoms with Gasteiger partial charge in [0.2, 0.25) is 0 Å². The van der Waals surface area contributed by atoms with E-state index in [4.69, 9.17) is 1.37 Å². The molecule has 2 heteroatoms. The molecule has 2 atom stereocenters. The Balaban J connectivity index is 2.22. The van der Waals surface area contributed by atoms with E-state index in [1.807, 2.05) is 18.2 Å². The summed E-state index contributed by atoms with van der Waals surface area (Å²) in [6, 6.07) is 9.06. The summed E-state index contributed by atoms with van der Waals surface area (Å²) in [5, 5.41) is 13.2. The van der Waals surface area contributed by atoms with E-state index in [1.54, 1.807) is 12.1 Å². The normalized spacial score (nSPS) is 28.1. The lowest BCUT2D eigenvalue weighted by Gasteiger charge is -2.18. The quantitative estimate of drug-likeness (QED) is 0.718. The highest BCUT2D eigenvalue weighted by Crippen LogP contribution is 2.22. The fraction of sp³-hybridized carbons (Fsp3) is 0.455. The third-order valence-corrected chi connectivity index (χ3v) is 2.46. The average molecular weight is 178 g/mol. The van der Waals surface area contributed by atoms with Crippen molar-refractivity contribution in [2.45, 2.75) is 25.0 Å². The first kappa shape index (κ1) is 7.54. The van der Waals surface area contributed by atoms with Crippen LogP contribution in [0.2, 0.25) is 0 Å². The Morgan fingerprint density at radius 1 is 1.46 bits per heavy atom. The molecule has 1 aliphatic rings. The maximum Gasteiger partial charge on any atom is 0.0942 e. The molecule has 2 rings (SSSR count). The minimum Gasteiger partial charge on any atom is -0.387 e. The van der Waals surface area contributed by atoms with Gasteiger partial charge in [-0.3, -0.25) is 0 Å². The zero-order chi connectivity index (χ0) is 10.0. The molecule has 0 bridgehead atoms. The molecule has 70 valence electrons. The van der Waals surface area contributed by atoms with Crippen molar-refractivity contribution in [3.05, 3.63) is 35.9 Å². The van der Waals surface area contributed by atoms with Gasteiger partial charge in [-0.15, -0.1) is 0 Å². The number of hydrogen-bond donors (Lipinski definition) is 2. The molecular weight excluding hydrogens is 162 g/mol. The van der Waals surface area contributed by atoms with Crippen molar-refractivity contribution in [3.63, 3.8) is 0 Å². The van der Waals surface area contributed by atoms with Crippen LogP contribution in [0.1, 0.15) is 25.9 Å². The average Bonchev–Trinajstić information content (AvgIpc) is 2.72. The Hall–Kier alpha value is -0.860. The Morgan fingerprint density at radius 2 is 2.23 bits per heavy atom. The van der Waals surface area contributed by atoms with E-state index in [9.17, 15) is 5.11 Å². The molecule has 2 nitrogen and oxygen atoms in total. The summed E-state index contributed by atoms with van der Waals surface area (Å²) in [5.41, 5.74) is 0.666. The van der Waals surface area contributed by atoms with E-state index >= 15 is 0 Å². The number of benzene rings is 1. The summed E-state index contributed by atoms with van der Waals surface area (Å²) in [5.74, 6) is 0. The van der Waals surface area contributed by atoms with Gasteiger partial charge in [-0.05, 0) is 24.9 Å². The minimum absolute atomic E-state index is 0.134. The van der Waals surface area contributed by atoms with Crippen LogP contribution in [-0.4, -0.2) is 17.7 Å². The molecule has 2 N–H and O–H groups in total. The van der Waals surface area contributed by atoms with Gasteiger partial charge in [-0.1, -0.05) is 30.3 Å². The van der Waals surface area contributed by atoms with E-state index < -0.39 is 6.08 Å². The summed E-state index contributed by atoms with van der Waals surface area (Å²) in [7, 11) is 0. The van der Waals surface area contributed by atoms with E-state index in [0.717, 1.165) is 19.4 Å². The standard InChI is InChI=1S/C11H15NO/c13-11(10-7-4-8-12-10)9-5-2-1-3-6-9/h1-3,5-6,10-13H,4,7-8H2/t10-,11+/m0/s1/i11D. The molecule has 0 aromatic heterocycles. The van der Waals surface area contributed by atoms with Crippen LogP contribution in [-0.2, 0) is 0 Å². The van der Waals surface area contributed by atoms with Crippen LogP contribution in [0, 0.1) is 0 Å². The van der Waals surface area contributed by atoms with Crippen LogP contribution < -0.4 is 5.32 Å². The van der Waals surface area contributed by atoms with E-state index in [1.165, 1.54) is 0 Å². The first-order valence-corrected chi connectivity index (χ1v) is 4.72. The van der Waals surface area contributed by atoms with Gasteiger partial charge < -0.3 is 10.4 Å². The van der Waals surface area contributed by atoms with Gasteiger partial charge in [0.05, 0.1) is 7.45 Å². The second-order valence-electron chi connectivity index (χ2n) is 3.40. The number of aliphatic hydroxyl groups is 1. The van der Waals surface area contributed by atoms with Crippen molar-refractivity contribution in [1.29, 1.82) is 0 Å². The highest BCUT2D eigenvalue weighted by molar-refractivity contribution is 5.19. The monoisotopic (exact) mass is 178 g/mol. The SMILES string of the molecule is [2H][C@@](O)(c1ccccc1)[C@@H]1CCCN1. The smallest absolute Gasteiger partial charge is 0.0942 e. The van der Waals surface area contributed by atoms with Crippen LogP contribution in [0.5, 0.6) is 0 Å². The molecule has 1 aliphatic heterocycles. The molecule has 1 saturated heterocycles. The predicted molar refractivity (Wildman–Crippen MR) is 52.4 cm³/mol. The number of nitrogens with one attached hydrogen (secondary N) is 1. The molecule has 13 heavy (non-hydrogen) atoms. The van der Waals surface area contributed by atoms with Crippen molar-refractivity contribution in [2.75, 3.05) is 6.54 Å². The molecule has 1 heterocycles. The molecule has 0 unspecified atom stereocenters. The van der Waals surface area contributed by atoms with Crippen LogP contribution in [0.4, 0.5) is 0 Å². The molecule has 1 aromatic carbocycles. The van der Waals surface area contributed by atoms with Gasteiger partial charge >= 0.3 is 0 Å². The van der Waals surface area contributed by atoms with Gasteiger partial charge in [-0.25, -0.2) is 0 Å². The van der Waals surface area contributed by atoms with E-state index in [0.29, 0.717) is 5.56 Å². The van der Waals surface area contributed by atoms with Gasteiger partial charge in [0.25, 0.3) is 0 Å².